The van der Waals surface area contributed by atoms with E-state index in [1.165, 1.54) is 0 Å². The number of nitrogens with one attached hydrogen (secondary N) is 2. The predicted octanol–water partition coefficient (Wildman–Crippen LogP) is 1.81. The van der Waals surface area contributed by atoms with E-state index in [4.69, 9.17) is 0 Å². The van der Waals surface area contributed by atoms with Crippen LogP contribution in [0.15, 0.2) is 24.3 Å². The lowest BCUT2D eigenvalue weighted by molar-refractivity contribution is -0.127. The summed E-state index contributed by atoms with van der Waals surface area (Å²) in [5.74, 6) is -0.851. The molecule has 1 aromatic carbocycles. The Kier molecular flexibility index (Phi) is 4.20. The molecule has 0 bridgehead atoms. The van der Waals surface area contributed by atoms with Gasteiger partial charge in [-0.2, -0.15) is 0 Å². The van der Waals surface area contributed by atoms with Crippen LogP contribution < -0.4 is 10.6 Å². The second-order valence-corrected chi connectivity index (χ2v) is 4.89. The first-order chi connectivity index (χ1) is 8.32. The highest BCUT2D eigenvalue weighted by Crippen LogP contribution is 2.19. The van der Waals surface area contributed by atoms with E-state index in [1.807, 2.05) is 0 Å². The number of benzene rings is 1. The largest absolute Gasteiger partial charge is 0.326 e. The van der Waals surface area contributed by atoms with Gasteiger partial charge < -0.3 is 10.6 Å². The zero-order valence-corrected chi connectivity index (χ0v) is 10.6. The van der Waals surface area contributed by atoms with Gasteiger partial charge in [0.15, 0.2) is 0 Å². The normalized spacial score (nSPS) is 10.6. The van der Waals surface area contributed by atoms with Crippen molar-refractivity contribution >= 4 is 29.5 Å². The Hall–Kier alpha value is -2.17. The van der Waals surface area contributed by atoms with Crippen LogP contribution in [0.2, 0.25) is 0 Å². The number of rotatable bonds is 3. The Labute approximate surface area is 106 Å². The quantitative estimate of drug-likeness (QED) is 0.632. The lowest BCUT2D eigenvalue weighted by atomic mass is 9.95. The van der Waals surface area contributed by atoms with Crippen LogP contribution in [-0.2, 0) is 14.4 Å². The van der Waals surface area contributed by atoms with Crippen LogP contribution in [0, 0.1) is 5.41 Å². The monoisotopic (exact) mass is 248 g/mol. The molecule has 0 aliphatic heterocycles. The van der Waals surface area contributed by atoms with Gasteiger partial charge in [-0.15, -0.1) is 0 Å². The van der Waals surface area contributed by atoms with Crippen molar-refractivity contribution in [1.82, 2.24) is 0 Å². The zero-order chi connectivity index (χ0) is 13.8. The van der Waals surface area contributed by atoms with E-state index in [2.05, 4.69) is 10.6 Å². The Balaban J connectivity index is 2.80. The van der Waals surface area contributed by atoms with Gasteiger partial charge in [0.05, 0.1) is 0 Å². The molecule has 5 nitrogen and oxygen atoms in total. The first-order valence-electron chi connectivity index (χ1n) is 5.50. The molecule has 0 spiro atoms. The topological polar surface area (TPSA) is 75.3 Å². The maximum Gasteiger partial charge on any atom is 0.288 e. The van der Waals surface area contributed by atoms with Crippen molar-refractivity contribution in [2.75, 3.05) is 10.6 Å². The van der Waals surface area contributed by atoms with Crippen molar-refractivity contribution in [2.45, 2.75) is 20.8 Å². The summed E-state index contributed by atoms with van der Waals surface area (Å²) in [6, 6.07) is 6.61. The average molecular weight is 248 g/mol. The zero-order valence-electron chi connectivity index (χ0n) is 10.6. The van der Waals surface area contributed by atoms with Gasteiger partial charge in [-0.05, 0) is 18.2 Å². The lowest BCUT2D eigenvalue weighted by Crippen LogP contribution is -2.27. The molecule has 96 valence electrons. The molecule has 0 heterocycles. The van der Waals surface area contributed by atoms with Crippen LogP contribution in [0.3, 0.4) is 0 Å². The average Bonchev–Trinajstić information content (AvgIpc) is 2.28. The van der Waals surface area contributed by atoms with Crippen LogP contribution in [-0.4, -0.2) is 18.1 Å². The fourth-order valence-corrected chi connectivity index (χ4v) is 1.17. The summed E-state index contributed by atoms with van der Waals surface area (Å²) >= 11 is 0. The van der Waals surface area contributed by atoms with E-state index in [1.54, 1.807) is 45.0 Å². The van der Waals surface area contributed by atoms with Gasteiger partial charge in [-0.3, -0.25) is 14.4 Å². The minimum absolute atomic E-state index is 0.124. The molecule has 0 saturated carbocycles. The third-order valence-electron chi connectivity index (χ3n) is 2.18. The Bertz CT molecular complexity index is 475. The highest BCUT2D eigenvalue weighted by atomic mass is 16.2. The number of hydrogen-bond donors (Lipinski definition) is 2. The van der Waals surface area contributed by atoms with Gasteiger partial charge in [-0.1, -0.05) is 26.8 Å². The molecular formula is C13H16N2O3. The van der Waals surface area contributed by atoms with Crippen molar-refractivity contribution in [3.05, 3.63) is 24.3 Å². The van der Waals surface area contributed by atoms with Gasteiger partial charge in [0.1, 0.15) is 0 Å². The van der Waals surface area contributed by atoms with E-state index in [9.17, 15) is 14.4 Å². The maximum atomic E-state index is 11.8. The molecule has 0 atom stereocenters. The molecular weight excluding hydrogens is 232 g/mol. The summed E-state index contributed by atoms with van der Waals surface area (Å²) in [4.78, 5) is 32.9. The fourth-order valence-electron chi connectivity index (χ4n) is 1.17. The number of aldehydes is 1. The summed E-state index contributed by atoms with van der Waals surface area (Å²) in [5, 5.41) is 5.12. The van der Waals surface area contributed by atoms with Gasteiger partial charge in [0.25, 0.3) is 5.91 Å². The van der Waals surface area contributed by atoms with Crippen LogP contribution in [0.5, 0.6) is 0 Å². The van der Waals surface area contributed by atoms with Crippen molar-refractivity contribution in [2.24, 2.45) is 5.41 Å². The number of amides is 2. The van der Waals surface area contributed by atoms with Crippen LogP contribution in [0.4, 0.5) is 11.4 Å². The van der Waals surface area contributed by atoms with E-state index >= 15 is 0 Å². The number of anilines is 2. The molecule has 18 heavy (non-hydrogen) atoms. The number of carbonyl (C=O) groups excluding carboxylic acids is 3. The molecule has 0 fully saturated rings. The van der Waals surface area contributed by atoms with E-state index < -0.39 is 11.3 Å². The van der Waals surface area contributed by atoms with Gasteiger partial charge in [0, 0.05) is 16.8 Å². The second kappa shape index (κ2) is 5.44. The van der Waals surface area contributed by atoms with Crippen LogP contribution in [0.1, 0.15) is 20.8 Å². The summed E-state index contributed by atoms with van der Waals surface area (Å²) in [5.41, 5.74) is 0.527. The Morgan fingerprint density at radius 2 is 1.67 bits per heavy atom. The third-order valence-corrected chi connectivity index (χ3v) is 2.18. The summed E-state index contributed by atoms with van der Waals surface area (Å²) in [6.07, 6.45) is 0.195. The third kappa shape index (κ3) is 4.01. The molecule has 1 rings (SSSR count). The fraction of sp³-hybridized carbons (Fsp3) is 0.308. The van der Waals surface area contributed by atoms with Gasteiger partial charge in [-0.25, -0.2) is 0 Å². The van der Waals surface area contributed by atoms with Crippen LogP contribution >= 0.6 is 0 Å². The minimum atomic E-state index is -0.728. The summed E-state index contributed by atoms with van der Waals surface area (Å²) in [7, 11) is 0. The molecule has 0 aliphatic carbocycles. The predicted molar refractivity (Wildman–Crippen MR) is 69.2 cm³/mol. The number of hydrogen-bond acceptors (Lipinski definition) is 3. The molecule has 2 N–H and O–H groups in total. The summed E-state index contributed by atoms with van der Waals surface area (Å²) in [6.45, 7) is 5.42. The van der Waals surface area contributed by atoms with Crippen molar-refractivity contribution in [3.63, 3.8) is 0 Å². The highest BCUT2D eigenvalue weighted by Gasteiger charge is 2.21. The summed E-state index contributed by atoms with van der Waals surface area (Å²) < 4.78 is 0. The standard InChI is InChI=1S/C13H16N2O3/c1-13(2,3)12(18)15-10-6-4-5-9(7-10)14-11(17)8-16/h4-8H,1-3H3,(H,14,17)(H,15,18). The molecule has 0 radical (unpaired) electrons. The van der Waals surface area contributed by atoms with E-state index in [-0.39, 0.29) is 12.2 Å². The highest BCUT2D eigenvalue weighted by molar-refractivity contribution is 6.29. The smallest absolute Gasteiger partial charge is 0.288 e. The number of carbonyl (C=O) groups is 3. The van der Waals surface area contributed by atoms with Gasteiger partial charge in [0.2, 0.25) is 12.2 Å². The molecule has 1 aromatic rings. The molecule has 0 aliphatic rings. The minimum Gasteiger partial charge on any atom is -0.326 e. The molecule has 5 heteroatoms. The van der Waals surface area contributed by atoms with Crippen molar-refractivity contribution in [1.29, 1.82) is 0 Å². The molecule has 0 saturated heterocycles. The maximum absolute atomic E-state index is 11.8. The SMILES string of the molecule is CC(C)(C)C(=O)Nc1cccc(NC(=O)C=O)c1. The van der Waals surface area contributed by atoms with Crippen molar-refractivity contribution < 1.29 is 14.4 Å². The van der Waals surface area contributed by atoms with Crippen LogP contribution in [0.25, 0.3) is 0 Å². The Morgan fingerprint density at radius 3 is 2.17 bits per heavy atom. The molecule has 0 aromatic heterocycles. The first kappa shape index (κ1) is 13.9. The second-order valence-electron chi connectivity index (χ2n) is 4.89. The van der Waals surface area contributed by atoms with Crippen molar-refractivity contribution in [3.8, 4) is 0 Å². The first-order valence-corrected chi connectivity index (χ1v) is 5.50. The molecule has 2 amide bonds. The van der Waals surface area contributed by atoms with E-state index in [0.29, 0.717) is 11.4 Å². The van der Waals surface area contributed by atoms with E-state index in [0.717, 1.165) is 0 Å². The molecule has 0 unspecified atom stereocenters. The Morgan fingerprint density at radius 1 is 1.11 bits per heavy atom. The van der Waals surface area contributed by atoms with Gasteiger partial charge >= 0.3 is 0 Å². The lowest BCUT2D eigenvalue weighted by Gasteiger charge is -2.18.